The van der Waals surface area contributed by atoms with E-state index in [1.165, 1.54) is 55.3 Å². The van der Waals surface area contributed by atoms with E-state index >= 15 is 0 Å². The fourth-order valence-corrected chi connectivity index (χ4v) is 5.20. The number of benzene rings is 4. The van der Waals surface area contributed by atoms with Gasteiger partial charge in [0.25, 0.3) is 0 Å². The van der Waals surface area contributed by atoms with Gasteiger partial charge in [0, 0.05) is 38.8 Å². The van der Waals surface area contributed by atoms with Crippen molar-refractivity contribution in [3.63, 3.8) is 0 Å². The van der Waals surface area contributed by atoms with Crippen LogP contribution in [0.25, 0.3) is 50.2 Å². The van der Waals surface area contributed by atoms with Crippen LogP contribution in [0.15, 0.2) is 103 Å². The molecule has 2 nitrogen and oxygen atoms in total. The quantitative estimate of drug-likeness (QED) is 0.259. The number of nitrogens with zero attached hydrogens (tertiary/aromatic N) is 2. The number of fused-ring (bicyclic) bond motifs is 4. The Morgan fingerprint density at radius 3 is 1.68 bits per heavy atom. The van der Waals surface area contributed by atoms with Crippen molar-refractivity contribution < 1.29 is 0 Å². The average Bonchev–Trinajstić information content (AvgIpc) is 3.34. The van der Waals surface area contributed by atoms with Gasteiger partial charge in [-0.2, -0.15) is 0 Å². The Morgan fingerprint density at radius 1 is 0.588 bits per heavy atom. The summed E-state index contributed by atoms with van der Waals surface area (Å²) in [6.45, 7) is 6.67. The smallest absolute Gasteiger partial charge is 0.0541 e. The van der Waals surface area contributed by atoms with Crippen molar-refractivity contribution in [2.45, 2.75) is 20.8 Å². The average molecular weight is 441 g/mol. The molecule has 0 unspecified atom stereocenters. The standard InChI is InChI=1S/C32H28N2/c1-22(2)19-20-26-23(3)33(30-16-7-4-13-27(26)30)24-11-10-12-25(21-24)34-31-17-8-5-14-28(31)29-15-6-9-18-32(29)34/h4-22H,1-3H3/b20-19-. The SMILES string of the molecule is Cc1c(/C=C\C(C)C)c2ccccc2n1-c1cccc(-n2c3ccccc3c3ccccc32)c1. The molecule has 2 heterocycles. The zero-order valence-electron chi connectivity index (χ0n) is 19.9. The lowest BCUT2D eigenvalue weighted by Crippen LogP contribution is -2.00. The van der Waals surface area contributed by atoms with Gasteiger partial charge in [0.1, 0.15) is 0 Å². The second-order valence-electron chi connectivity index (χ2n) is 9.34. The van der Waals surface area contributed by atoms with E-state index in [2.05, 4.69) is 139 Å². The third-order valence-electron chi connectivity index (χ3n) is 6.73. The summed E-state index contributed by atoms with van der Waals surface area (Å²) in [5.41, 5.74) is 8.61. The van der Waals surface area contributed by atoms with Crippen LogP contribution in [0.4, 0.5) is 0 Å². The number of allylic oxidation sites excluding steroid dienone is 1. The van der Waals surface area contributed by atoms with Crippen LogP contribution >= 0.6 is 0 Å². The summed E-state index contributed by atoms with van der Waals surface area (Å²) in [5.74, 6) is 0.514. The number of rotatable bonds is 4. The van der Waals surface area contributed by atoms with Crippen LogP contribution in [0.2, 0.25) is 0 Å². The molecular weight excluding hydrogens is 412 g/mol. The van der Waals surface area contributed by atoms with Crippen LogP contribution in [-0.4, -0.2) is 9.13 Å². The molecule has 0 N–H and O–H groups in total. The lowest BCUT2D eigenvalue weighted by Gasteiger charge is -2.13. The van der Waals surface area contributed by atoms with Gasteiger partial charge in [-0.05, 0) is 49.2 Å². The van der Waals surface area contributed by atoms with Gasteiger partial charge in [-0.15, -0.1) is 0 Å². The second-order valence-corrected chi connectivity index (χ2v) is 9.34. The summed E-state index contributed by atoms with van der Waals surface area (Å²) < 4.78 is 4.78. The molecular formula is C32H28N2. The maximum absolute atomic E-state index is 2.40. The van der Waals surface area contributed by atoms with Gasteiger partial charge in [-0.1, -0.05) is 86.7 Å². The maximum atomic E-state index is 2.40. The molecule has 2 heteroatoms. The van der Waals surface area contributed by atoms with Crippen LogP contribution in [-0.2, 0) is 0 Å². The molecule has 0 radical (unpaired) electrons. The van der Waals surface area contributed by atoms with Gasteiger partial charge in [-0.3, -0.25) is 0 Å². The van der Waals surface area contributed by atoms with E-state index in [4.69, 9.17) is 0 Å². The molecule has 0 amide bonds. The van der Waals surface area contributed by atoms with Gasteiger partial charge in [0.2, 0.25) is 0 Å². The topological polar surface area (TPSA) is 9.86 Å². The Hall–Kier alpha value is -4.04. The van der Waals surface area contributed by atoms with Crippen LogP contribution < -0.4 is 0 Å². The summed E-state index contributed by atoms with van der Waals surface area (Å²) in [4.78, 5) is 0. The fraction of sp³-hybridized carbons (Fsp3) is 0.125. The van der Waals surface area contributed by atoms with Crippen LogP contribution in [0.3, 0.4) is 0 Å². The highest BCUT2D eigenvalue weighted by Gasteiger charge is 2.15. The van der Waals surface area contributed by atoms with Gasteiger partial charge in [-0.25, -0.2) is 0 Å². The zero-order valence-corrected chi connectivity index (χ0v) is 19.9. The number of hydrogen-bond acceptors (Lipinski definition) is 0. The van der Waals surface area contributed by atoms with Gasteiger partial charge in [0.15, 0.2) is 0 Å². The molecule has 0 spiro atoms. The number of hydrogen-bond donors (Lipinski definition) is 0. The van der Waals surface area contributed by atoms with E-state index in [1.54, 1.807) is 0 Å². The zero-order chi connectivity index (χ0) is 23.2. The first kappa shape index (κ1) is 20.6. The molecule has 2 aromatic heterocycles. The summed E-state index contributed by atoms with van der Waals surface area (Å²) in [6.07, 6.45) is 4.57. The molecule has 34 heavy (non-hydrogen) atoms. The molecule has 0 aliphatic rings. The Labute approximate surface area is 200 Å². The summed E-state index contributed by atoms with van der Waals surface area (Å²) >= 11 is 0. The molecule has 0 bridgehead atoms. The normalized spacial score (nSPS) is 12.1. The molecule has 0 fully saturated rings. The molecule has 6 rings (SSSR count). The highest BCUT2D eigenvalue weighted by Crippen LogP contribution is 2.34. The predicted octanol–water partition coefficient (Wildman–Crippen LogP) is 8.71. The van der Waals surface area contributed by atoms with Crippen molar-refractivity contribution in [3.8, 4) is 11.4 Å². The van der Waals surface area contributed by atoms with E-state index in [0.717, 1.165) is 0 Å². The van der Waals surface area contributed by atoms with E-state index in [9.17, 15) is 0 Å². The highest BCUT2D eigenvalue weighted by atomic mass is 15.0. The maximum Gasteiger partial charge on any atom is 0.0541 e. The first-order valence-electron chi connectivity index (χ1n) is 12.0. The Morgan fingerprint density at radius 2 is 1.09 bits per heavy atom. The minimum Gasteiger partial charge on any atom is -0.313 e. The van der Waals surface area contributed by atoms with Gasteiger partial charge >= 0.3 is 0 Å². The van der Waals surface area contributed by atoms with E-state index in [1.807, 2.05) is 0 Å². The summed E-state index contributed by atoms with van der Waals surface area (Å²) in [7, 11) is 0. The van der Waals surface area contributed by atoms with Crippen molar-refractivity contribution in [3.05, 3.63) is 114 Å². The fourth-order valence-electron chi connectivity index (χ4n) is 5.20. The molecule has 0 saturated carbocycles. The first-order valence-corrected chi connectivity index (χ1v) is 12.0. The molecule has 4 aromatic carbocycles. The van der Waals surface area contributed by atoms with Gasteiger partial charge in [0.05, 0.1) is 16.6 Å². The van der Waals surface area contributed by atoms with Crippen molar-refractivity contribution in [1.82, 2.24) is 9.13 Å². The largest absolute Gasteiger partial charge is 0.313 e. The molecule has 6 aromatic rings. The van der Waals surface area contributed by atoms with Crippen molar-refractivity contribution in [2.75, 3.05) is 0 Å². The lowest BCUT2D eigenvalue weighted by atomic mass is 10.1. The summed E-state index contributed by atoms with van der Waals surface area (Å²) in [5, 5.41) is 3.86. The second kappa shape index (κ2) is 8.07. The highest BCUT2D eigenvalue weighted by molar-refractivity contribution is 6.09. The Balaban J connectivity index is 1.60. The van der Waals surface area contributed by atoms with Crippen LogP contribution in [0, 0.1) is 12.8 Å². The minimum atomic E-state index is 0.514. The summed E-state index contributed by atoms with van der Waals surface area (Å²) in [6, 6.07) is 35.0. The van der Waals surface area contributed by atoms with E-state index in [-0.39, 0.29) is 0 Å². The molecule has 0 atom stereocenters. The van der Waals surface area contributed by atoms with Crippen molar-refractivity contribution in [2.24, 2.45) is 5.92 Å². The molecule has 166 valence electrons. The number of para-hydroxylation sites is 3. The lowest BCUT2D eigenvalue weighted by molar-refractivity contribution is 0.836. The Bertz CT molecular complexity index is 1640. The molecule has 0 aliphatic carbocycles. The third-order valence-corrected chi connectivity index (χ3v) is 6.73. The molecule has 0 saturated heterocycles. The van der Waals surface area contributed by atoms with Crippen LogP contribution in [0.1, 0.15) is 25.1 Å². The minimum absolute atomic E-state index is 0.514. The molecule has 0 aliphatic heterocycles. The van der Waals surface area contributed by atoms with E-state index in [0.29, 0.717) is 5.92 Å². The van der Waals surface area contributed by atoms with E-state index < -0.39 is 0 Å². The third kappa shape index (κ3) is 3.18. The van der Waals surface area contributed by atoms with Crippen molar-refractivity contribution >= 4 is 38.8 Å². The predicted molar refractivity (Wildman–Crippen MR) is 146 cm³/mol. The number of aromatic nitrogens is 2. The van der Waals surface area contributed by atoms with Gasteiger partial charge < -0.3 is 9.13 Å². The Kier molecular flexibility index (Phi) is 4.88. The first-order chi connectivity index (χ1) is 16.6. The van der Waals surface area contributed by atoms with Crippen molar-refractivity contribution in [1.29, 1.82) is 0 Å². The van der Waals surface area contributed by atoms with Crippen LogP contribution in [0.5, 0.6) is 0 Å². The monoisotopic (exact) mass is 440 g/mol.